The van der Waals surface area contributed by atoms with E-state index in [1.165, 1.54) is 11.4 Å². The van der Waals surface area contributed by atoms with E-state index in [4.69, 9.17) is 9.47 Å². The number of ether oxygens (including phenoxy) is 2. The van der Waals surface area contributed by atoms with Gasteiger partial charge in [-0.2, -0.15) is 0 Å². The molecule has 11 heteroatoms. The van der Waals surface area contributed by atoms with E-state index in [0.717, 1.165) is 25.5 Å². The Hall–Kier alpha value is -2.99. The fourth-order valence-electron chi connectivity index (χ4n) is 4.64. The molecule has 10 nitrogen and oxygen atoms in total. The highest BCUT2D eigenvalue weighted by Gasteiger charge is 2.31. The maximum absolute atomic E-state index is 14.1. The van der Waals surface area contributed by atoms with Crippen molar-refractivity contribution in [1.82, 2.24) is 9.21 Å². The number of fused-ring (bicyclic) bond motifs is 1. The summed E-state index contributed by atoms with van der Waals surface area (Å²) >= 11 is 0. The number of likely N-dealkylation sites (N-methyl/N-ethyl adjacent to an activating group) is 1. The Morgan fingerprint density at radius 2 is 1.88 bits per heavy atom. The Morgan fingerprint density at radius 3 is 2.54 bits per heavy atom. The number of hydrogen-bond acceptors (Lipinski definition) is 7. The van der Waals surface area contributed by atoms with Crippen molar-refractivity contribution in [1.29, 1.82) is 0 Å². The maximum atomic E-state index is 14.1. The van der Waals surface area contributed by atoms with Crippen molar-refractivity contribution in [2.24, 2.45) is 5.92 Å². The largest absolute Gasteiger partial charge is 0.490 e. The Kier molecular flexibility index (Phi) is 11.7. The summed E-state index contributed by atoms with van der Waals surface area (Å²) < 4.78 is 37.9. The molecule has 4 atom stereocenters. The van der Waals surface area contributed by atoms with E-state index in [2.05, 4.69) is 5.32 Å². The quantitative estimate of drug-likeness (QED) is 0.505. The van der Waals surface area contributed by atoms with Crippen LogP contribution >= 0.6 is 0 Å². The molecule has 2 amide bonds. The fraction of sp³-hybridized carbons (Fsp3) is 0.533. The van der Waals surface area contributed by atoms with Crippen LogP contribution in [0.3, 0.4) is 0 Å². The molecule has 0 saturated heterocycles. The monoisotopic (exact) mass is 589 g/mol. The molecule has 0 unspecified atom stereocenters. The van der Waals surface area contributed by atoms with Gasteiger partial charge in [0.25, 0.3) is 11.8 Å². The van der Waals surface area contributed by atoms with Crippen molar-refractivity contribution in [2.75, 3.05) is 44.9 Å². The first-order valence-electron chi connectivity index (χ1n) is 14.0. The molecule has 1 heterocycles. The third-order valence-corrected chi connectivity index (χ3v) is 8.63. The molecule has 226 valence electrons. The number of aliphatic hydroxyl groups excluding tert-OH is 1. The molecule has 2 aromatic carbocycles. The molecular formula is C30H43N3O7S. The Labute approximate surface area is 243 Å². The summed E-state index contributed by atoms with van der Waals surface area (Å²) in [6.07, 6.45) is 2.81. The van der Waals surface area contributed by atoms with Crippen LogP contribution in [0, 0.1) is 5.92 Å². The molecule has 0 spiro atoms. The smallest absolute Gasteiger partial charge is 0.258 e. The lowest BCUT2D eigenvalue weighted by Gasteiger charge is -2.35. The van der Waals surface area contributed by atoms with Gasteiger partial charge in [-0.25, -0.2) is 12.7 Å². The van der Waals surface area contributed by atoms with Crippen molar-refractivity contribution < 1.29 is 32.6 Å². The van der Waals surface area contributed by atoms with E-state index in [1.54, 1.807) is 54.3 Å². The molecule has 2 N–H and O–H groups in total. The standard InChI is InChI=1S/C30H43N3O7S/c1-21-18-33(22(2)20-34)30(36)26-17-25(31-29(35)24-12-7-6-8-13-24)14-15-27(26)40-23(3)11-9-10-16-39-28(21)19-32(4)41(5,37)38/h6-8,12-15,17,21-23,28,34H,9-11,16,18-20H2,1-5H3,(H,31,35)/t21-,22+,23-,28-/m1/s1. The first kappa shape index (κ1) is 32.5. The molecule has 0 radical (unpaired) electrons. The molecule has 2 aromatic rings. The first-order valence-corrected chi connectivity index (χ1v) is 15.9. The number of nitrogens with zero attached hydrogens (tertiary/aromatic N) is 2. The predicted octanol–water partition coefficient (Wildman–Crippen LogP) is 3.63. The van der Waals surface area contributed by atoms with E-state index in [-0.39, 0.29) is 49.1 Å². The van der Waals surface area contributed by atoms with E-state index < -0.39 is 22.2 Å². The van der Waals surface area contributed by atoms with Crippen LogP contribution in [0.15, 0.2) is 48.5 Å². The predicted molar refractivity (Wildman–Crippen MR) is 159 cm³/mol. The number of anilines is 1. The van der Waals surface area contributed by atoms with Gasteiger partial charge in [-0.15, -0.1) is 0 Å². The molecular weight excluding hydrogens is 546 g/mol. The van der Waals surface area contributed by atoms with Crippen molar-refractivity contribution in [3.63, 3.8) is 0 Å². The van der Waals surface area contributed by atoms with Crippen LogP contribution in [-0.4, -0.2) is 92.4 Å². The lowest BCUT2D eigenvalue weighted by atomic mass is 10.0. The van der Waals surface area contributed by atoms with Crippen molar-refractivity contribution in [2.45, 2.75) is 58.3 Å². The van der Waals surface area contributed by atoms with Gasteiger partial charge in [0, 0.05) is 43.9 Å². The minimum absolute atomic E-state index is 0.140. The van der Waals surface area contributed by atoms with Crippen molar-refractivity contribution >= 4 is 27.5 Å². The molecule has 41 heavy (non-hydrogen) atoms. The fourth-order valence-corrected chi connectivity index (χ4v) is 5.06. The van der Waals surface area contributed by atoms with Crippen LogP contribution in [0.2, 0.25) is 0 Å². The number of carbonyl (C=O) groups is 2. The second-order valence-electron chi connectivity index (χ2n) is 10.9. The third-order valence-electron chi connectivity index (χ3n) is 7.35. The van der Waals surface area contributed by atoms with Crippen molar-refractivity contribution in [3.05, 3.63) is 59.7 Å². The lowest BCUT2D eigenvalue weighted by molar-refractivity contribution is -0.00828. The number of nitrogens with one attached hydrogen (secondary N) is 1. The normalized spacial score (nSPS) is 21.9. The van der Waals surface area contributed by atoms with Gasteiger partial charge in [-0.1, -0.05) is 25.1 Å². The Balaban J connectivity index is 1.99. The third kappa shape index (κ3) is 9.26. The number of carbonyl (C=O) groups excluding carboxylic acids is 2. The van der Waals surface area contributed by atoms with E-state index >= 15 is 0 Å². The zero-order chi connectivity index (χ0) is 30.2. The van der Waals surface area contributed by atoms with Crippen LogP contribution in [0.1, 0.15) is 60.7 Å². The zero-order valence-corrected chi connectivity index (χ0v) is 25.4. The van der Waals surface area contributed by atoms with Crippen LogP contribution in [0.25, 0.3) is 0 Å². The minimum Gasteiger partial charge on any atom is -0.490 e. The van der Waals surface area contributed by atoms with Crippen LogP contribution in [-0.2, 0) is 14.8 Å². The van der Waals surface area contributed by atoms with E-state index in [9.17, 15) is 23.1 Å². The highest BCUT2D eigenvalue weighted by molar-refractivity contribution is 7.88. The summed E-state index contributed by atoms with van der Waals surface area (Å²) in [5.41, 5.74) is 1.18. The number of aliphatic hydroxyl groups is 1. The second kappa shape index (κ2) is 14.8. The van der Waals surface area contributed by atoms with E-state index in [1.807, 2.05) is 19.9 Å². The maximum Gasteiger partial charge on any atom is 0.258 e. The number of rotatable bonds is 7. The number of amides is 2. The molecule has 1 aliphatic rings. The molecule has 1 aliphatic heterocycles. The number of sulfonamides is 1. The van der Waals surface area contributed by atoms with Gasteiger partial charge in [0.2, 0.25) is 10.0 Å². The molecule has 3 rings (SSSR count). The molecule has 0 aliphatic carbocycles. The summed E-state index contributed by atoms with van der Waals surface area (Å²) in [5.74, 6) is -0.546. The number of benzene rings is 2. The van der Waals surface area contributed by atoms with E-state index in [0.29, 0.717) is 23.6 Å². The summed E-state index contributed by atoms with van der Waals surface area (Å²) in [5, 5.41) is 12.9. The second-order valence-corrected chi connectivity index (χ2v) is 13.0. The topological polar surface area (TPSA) is 125 Å². The SMILES string of the molecule is C[C@@H]1CCCCO[C@H](CN(C)S(C)(=O)=O)[C@H](C)CN([C@@H](C)CO)C(=O)c2cc(NC(=O)c3ccccc3)ccc2O1. The Bertz CT molecular complexity index is 1270. The molecule has 0 saturated carbocycles. The Morgan fingerprint density at radius 1 is 1.17 bits per heavy atom. The minimum atomic E-state index is -3.43. The average Bonchev–Trinajstić information content (AvgIpc) is 2.94. The van der Waals surface area contributed by atoms with Crippen molar-refractivity contribution in [3.8, 4) is 5.75 Å². The molecule has 0 aromatic heterocycles. The summed E-state index contributed by atoms with van der Waals surface area (Å²) in [7, 11) is -1.92. The van der Waals surface area contributed by atoms with Gasteiger partial charge < -0.3 is 24.8 Å². The van der Waals surface area contributed by atoms with Crippen LogP contribution in [0.4, 0.5) is 5.69 Å². The van der Waals surface area contributed by atoms with Gasteiger partial charge in [0.15, 0.2) is 0 Å². The van der Waals surface area contributed by atoms with Gasteiger partial charge in [0.1, 0.15) is 5.75 Å². The van der Waals surface area contributed by atoms with Crippen LogP contribution < -0.4 is 10.1 Å². The molecule has 0 bridgehead atoms. The lowest BCUT2D eigenvalue weighted by Crippen LogP contribution is -2.47. The zero-order valence-electron chi connectivity index (χ0n) is 24.6. The number of hydrogen-bond donors (Lipinski definition) is 2. The van der Waals surface area contributed by atoms with Gasteiger partial charge in [-0.3, -0.25) is 9.59 Å². The van der Waals surface area contributed by atoms with Gasteiger partial charge in [0.05, 0.1) is 36.7 Å². The van der Waals surface area contributed by atoms with Gasteiger partial charge >= 0.3 is 0 Å². The average molecular weight is 590 g/mol. The summed E-state index contributed by atoms with van der Waals surface area (Å²) in [6.45, 7) is 6.11. The summed E-state index contributed by atoms with van der Waals surface area (Å²) in [6, 6.07) is 13.2. The highest BCUT2D eigenvalue weighted by Crippen LogP contribution is 2.29. The highest BCUT2D eigenvalue weighted by atomic mass is 32.2. The molecule has 0 fully saturated rings. The van der Waals surface area contributed by atoms with Gasteiger partial charge in [-0.05, 0) is 63.4 Å². The summed E-state index contributed by atoms with van der Waals surface area (Å²) in [4.78, 5) is 28.5. The van der Waals surface area contributed by atoms with Crippen LogP contribution in [0.5, 0.6) is 5.75 Å². The first-order chi connectivity index (χ1) is 19.4.